The number of thiophene rings is 1. The lowest BCUT2D eigenvalue weighted by atomic mass is 10.1. The second-order valence-electron chi connectivity index (χ2n) is 5.98. The predicted octanol–water partition coefficient (Wildman–Crippen LogP) is 3.09. The third kappa shape index (κ3) is 3.70. The van der Waals surface area contributed by atoms with Crippen molar-refractivity contribution in [2.45, 2.75) is 20.0 Å². The summed E-state index contributed by atoms with van der Waals surface area (Å²) < 4.78 is 16.0. The maximum absolute atomic E-state index is 12.5. The average Bonchev–Trinajstić information content (AvgIpc) is 3.26. The Balaban J connectivity index is 1.74. The van der Waals surface area contributed by atoms with Gasteiger partial charge in [-0.1, -0.05) is 0 Å². The minimum absolute atomic E-state index is 0.0110. The summed E-state index contributed by atoms with van der Waals surface area (Å²) in [6.07, 6.45) is -1.11. The van der Waals surface area contributed by atoms with Gasteiger partial charge in [-0.15, -0.1) is 11.3 Å². The van der Waals surface area contributed by atoms with Gasteiger partial charge in [-0.05, 0) is 43.5 Å². The number of hydrogen-bond donors (Lipinski definition) is 2. The number of aryl methyl sites for hydroxylation is 1. The Labute approximate surface area is 164 Å². The first-order valence-electron chi connectivity index (χ1n) is 8.28. The number of benzene rings is 1. The highest BCUT2D eigenvalue weighted by Gasteiger charge is 2.25. The van der Waals surface area contributed by atoms with E-state index in [9.17, 15) is 14.4 Å². The molecular weight excluding hydrogens is 384 g/mol. The second kappa shape index (κ2) is 7.73. The molecule has 0 saturated heterocycles. The molecular formula is C19H18N2O6S. The van der Waals surface area contributed by atoms with Crippen molar-refractivity contribution >= 4 is 45.1 Å². The lowest BCUT2D eigenvalue weighted by Gasteiger charge is -2.12. The average molecular weight is 402 g/mol. The molecule has 0 radical (unpaired) electrons. The summed E-state index contributed by atoms with van der Waals surface area (Å²) in [4.78, 5) is 36.1. The van der Waals surface area contributed by atoms with E-state index in [1.165, 1.54) is 13.0 Å². The Kier molecular flexibility index (Phi) is 5.36. The van der Waals surface area contributed by atoms with Crippen molar-refractivity contribution in [3.63, 3.8) is 0 Å². The quantitative estimate of drug-likeness (QED) is 0.611. The largest absolute Gasteiger partial charge is 0.497 e. The monoisotopic (exact) mass is 402 g/mol. The molecule has 3 rings (SSSR count). The third-order valence-electron chi connectivity index (χ3n) is 4.15. The number of ether oxygens (including phenoxy) is 2. The molecule has 0 aliphatic rings. The molecule has 28 heavy (non-hydrogen) atoms. The van der Waals surface area contributed by atoms with Crippen molar-refractivity contribution in [3.05, 3.63) is 46.5 Å². The van der Waals surface area contributed by atoms with E-state index in [0.717, 1.165) is 11.3 Å². The van der Waals surface area contributed by atoms with Gasteiger partial charge >= 0.3 is 5.97 Å². The number of primary amides is 1. The van der Waals surface area contributed by atoms with Crippen LogP contribution in [-0.4, -0.2) is 31.0 Å². The zero-order valence-corrected chi connectivity index (χ0v) is 16.2. The molecule has 1 atom stereocenters. The number of methoxy groups -OCH3 is 1. The number of furan rings is 1. The minimum atomic E-state index is -1.11. The van der Waals surface area contributed by atoms with Crippen LogP contribution in [0.5, 0.6) is 5.75 Å². The SMILES string of the molecule is COc1ccc2oc(C(=O)OC(C)C(=O)Nc3sccc3C(N)=O)c(C)c2c1. The number of esters is 1. The van der Waals surface area contributed by atoms with Crippen LogP contribution in [0.25, 0.3) is 11.0 Å². The van der Waals surface area contributed by atoms with E-state index in [4.69, 9.17) is 19.6 Å². The van der Waals surface area contributed by atoms with E-state index < -0.39 is 23.9 Å². The molecule has 146 valence electrons. The van der Waals surface area contributed by atoms with Crippen molar-refractivity contribution in [2.24, 2.45) is 5.73 Å². The van der Waals surface area contributed by atoms with E-state index in [1.54, 1.807) is 37.6 Å². The molecule has 8 nitrogen and oxygen atoms in total. The van der Waals surface area contributed by atoms with E-state index in [-0.39, 0.29) is 11.3 Å². The molecule has 2 aromatic heterocycles. The fourth-order valence-electron chi connectivity index (χ4n) is 2.60. The Morgan fingerprint density at radius 3 is 2.68 bits per heavy atom. The highest BCUT2D eigenvalue weighted by Crippen LogP contribution is 2.29. The highest BCUT2D eigenvalue weighted by molar-refractivity contribution is 7.14. The van der Waals surface area contributed by atoms with Crippen LogP contribution in [0.1, 0.15) is 33.4 Å². The van der Waals surface area contributed by atoms with Crippen LogP contribution in [0.15, 0.2) is 34.1 Å². The predicted molar refractivity (Wildman–Crippen MR) is 104 cm³/mol. The number of hydrogen-bond acceptors (Lipinski definition) is 7. The van der Waals surface area contributed by atoms with Crippen LogP contribution in [-0.2, 0) is 9.53 Å². The number of carbonyl (C=O) groups excluding carboxylic acids is 3. The summed E-state index contributed by atoms with van der Waals surface area (Å²) in [5.74, 6) is -1.37. The molecule has 0 saturated carbocycles. The van der Waals surface area contributed by atoms with Crippen LogP contribution < -0.4 is 15.8 Å². The van der Waals surface area contributed by atoms with E-state index >= 15 is 0 Å². The number of nitrogens with one attached hydrogen (secondary N) is 1. The summed E-state index contributed by atoms with van der Waals surface area (Å²) in [6, 6.07) is 6.67. The number of amides is 2. The third-order valence-corrected chi connectivity index (χ3v) is 4.98. The lowest BCUT2D eigenvalue weighted by molar-refractivity contribution is -0.123. The first-order chi connectivity index (χ1) is 13.3. The Morgan fingerprint density at radius 1 is 1.25 bits per heavy atom. The van der Waals surface area contributed by atoms with Gasteiger partial charge in [-0.25, -0.2) is 4.79 Å². The van der Waals surface area contributed by atoms with Crippen molar-refractivity contribution in [1.29, 1.82) is 0 Å². The maximum atomic E-state index is 12.5. The van der Waals surface area contributed by atoms with Crippen molar-refractivity contribution in [2.75, 3.05) is 12.4 Å². The normalized spacial score (nSPS) is 11.8. The minimum Gasteiger partial charge on any atom is -0.497 e. The van der Waals surface area contributed by atoms with Crippen molar-refractivity contribution in [3.8, 4) is 5.75 Å². The Morgan fingerprint density at radius 2 is 2.00 bits per heavy atom. The number of nitrogens with two attached hydrogens (primary N) is 1. The number of rotatable bonds is 6. The molecule has 0 bridgehead atoms. The van der Waals surface area contributed by atoms with Crippen LogP contribution >= 0.6 is 11.3 Å². The van der Waals surface area contributed by atoms with Crippen LogP contribution in [0.3, 0.4) is 0 Å². The highest BCUT2D eigenvalue weighted by atomic mass is 32.1. The molecule has 0 spiro atoms. The molecule has 2 heterocycles. The van der Waals surface area contributed by atoms with Gasteiger partial charge in [0.1, 0.15) is 16.3 Å². The fourth-order valence-corrected chi connectivity index (χ4v) is 3.40. The van der Waals surface area contributed by atoms with Gasteiger partial charge in [0.2, 0.25) is 5.76 Å². The van der Waals surface area contributed by atoms with Crippen LogP contribution in [0.2, 0.25) is 0 Å². The van der Waals surface area contributed by atoms with Gasteiger partial charge in [0.25, 0.3) is 11.8 Å². The summed E-state index contributed by atoms with van der Waals surface area (Å²) in [5.41, 5.74) is 6.54. The summed E-state index contributed by atoms with van der Waals surface area (Å²) in [7, 11) is 1.54. The van der Waals surface area contributed by atoms with E-state index in [2.05, 4.69) is 5.32 Å². The first kappa shape index (κ1) is 19.4. The lowest BCUT2D eigenvalue weighted by Crippen LogP contribution is -2.30. The van der Waals surface area contributed by atoms with Gasteiger partial charge < -0.3 is 24.9 Å². The Hall–Kier alpha value is -3.33. The summed E-state index contributed by atoms with van der Waals surface area (Å²) in [6.45, 7) is 3.14. The van der Waals surface area contributed by atoms with Crippen molar-refractivity contribution in [1.82, 2.24) is 0 Å². The van der Waals surface area contributed by atoms with Crippen LogP contribution in [0.4, 0.5) is 5.00 Å². The smallest absolute Gasteiger partial charge is 0.375 e. The van der Waals surface area contributed by atoms with Gasteiger partial charge in [0.15, 0.2) is 6.10 Å². The fraction of sp³-hybridized carbons (Fsp3) is 0.211. The van der Waals surface area contributed by atoms with Gasteiger partial charge in [-0.2, -0.15) is 0 Å². The van der Waals surface area contributed by atoms with Crippen LogP contribution in [0, 0.1) is 6.92 Å². The molecule has 1 aromatic carbocycles. The molecule has 0 aliphatic heterocycles. The summed E-state index contributed by atoms with van der Waals surface area (Å²) in [5, 5.41) is 5.18. The van der Waals surface area contributed by atoms with Crippen molar-refractivity contribution < 1.29 is 28.3 Å². The number of anilines is 1. The molecule has 3 aromatic rings. The Bertz CT molecular complexity index is 1070. The molecule has 1 unspecified atom stereocenters. The first-order valence-corrected chi connectivity index (χ1v) is 9.16. The van der Waals surface area contributed by atoms with E-state index in [1.807, 2.05) is 0 Å². The topological polar surface area (TPSA) is 121 Å². The van der Waals surface area contributed by atoms with E-state index in [0.29, 0.717) is 27.3 Å². The summed E-state index contributed by atoms with van der Waals surface area (Å²) >= 11 is 1.14. The number of fused-ring (bicyclic) bond motifs is 1. The number of carbonyl (C=O) groups is 3. The zero-order chi connectivity index (χ0) is 20.4. The van der Waals surface area contributed by atoms with Gasteiger partial charge in [0, 0.05) is 10.9 Å². The zero-order valence-electron chi connectivity index (χ0n) is 15.4. The second-order valence-corrected chi connectivity index (χ2v) is 6.90. The standard InChI is InChI=1S/C19H18N2O6S/c1-9-13-8-11(25-3)4-5-14(13)27-15(9)19(24)26-10(2)17(23)21-18-12(16(20)22)6-7-28-18/h4-8,10H,1-3H3,(H2,20,22)(H,21,23). The maximum Gasteiger partial charge on any atom is 0.375 e. The van der Waals surface area contributed by atoms with Gasteiger partial charge in [-0.3, -0.25) is 9.59 Å². The van der Waals surface area contributed by atoms with Gasteiger partial charge in [0.05, 0.1) is 12.7 Å². The molecule has 2 amide bonds. The molecule has 9 heteroatoms. The molecule has 0 fully saturated rings. The molecule has 3 N–H and O–H groups in total. The molecule has 0 aliphatic carbocycles.